The van der Waals surface area contributed by atoms with E-state index in [1.165, 1.54) is 18.2 Å². The number of hydrogen-bond donors (Lipinski definition) is 4. The minimum atomic E-state index is -1.11. The molecule has 9 heteroatoms. The van der Waals surface area contributed by atoms with Crippen LogP contribution in [0.25, 0.3) is 0 Å². The first-order valence-corrected chi connectivity index (χ1v) is 7.90. The lowest BCUT2D eigenvalue weighted by atomic mass is 9.82. The number of carbonyl (C=O) groups excluding carboxylic acids is 3. The summed E-state index contributed by atoms with van der Waals surface area (Å²) in [6, 6.07) is 8.11. The second kappa shape index (κ2) is 5.88. The summed E-state index contributed by atoms with van der Waals surface area (Å²) in [6.45, 7) is 0. The zero-order valence-electron chi connectivity index (χ0n) is 13.9. The van der Waals surface area contributed by atoms with Crippen LogP contribution < -0.4 is 4.84 Å². The highest BCUT2D eigenvalue weighted by atomic mass is 16.7. The van der Waals surface area contributed by atoms with E-state index in [1.807, 2.05) is 0 Å². The van der Waals surface area contributed by atoms with Gasteiger partial charge in [-0.2, -0.15) is 0 Å². The van der Waals surface area contributed by atoms with E-state index in [1.54, 1.807) is 0 Å². The molecule has 1 heterocycles. The van der Waals surface area contributed by atoms with Crippen molar-refractivity contribution in [3.05, 3.63) is 70.3 Å². The number of benzene rings is 2. The van der Waals surface area contributed by atoms with Crippen LogP contribution in [0.3, 0.4) is 0 Å². The van der Waals surface area contributed by atoms with E-state index in [0.717, 1.165) is 24.3 Å². The van der Waals surface area contributed by atoms with Crippen molar-refractivity contribution in [2.24, 2.45) is 0 Å². The van der Waals surface area contributed by atoms with Crippen LogP contribution in [0.1, 0.15) is 42.2 Å². The molecular formula is C19H11NO8. The molecule has 0 radical (unpaired) electrons. The quantitative estimate of drug-likeness (QED) is 0.407. The van der Waals surface area contributed by atoms with Crippen LogP contribution in [-0.2, 0) is 0 Å². The molecule has 140 valence electrons. The SMILES string of the molecule is O=C(On1c(O)ccc1O)c1cc(O)c2c(c1)C(=O)c1cccc(O)c1C2=O. The van der Waals surface area contributed by atoms with Crippen LogP contribution in [0.2, 0.25) is 0 Å². The topological polar surface area (TPSA) is 146 Å². The van der Waals surface area contributed by atoms with Gasteiger partial charge in [0.25, 0.3) is 0 Å². The molecular weight excluding hydrogens is 370 g/mol. The summed E-state index contributed by atoms with van der Waals surface area (Å²) in [6.07, 6.45) is 0. The molecule has 0 atom stereocenters. The summed E-state index contributed by atoms with van der Waals surface area (Å²) in [5, 5.41) is 39.3. The van der Waals surface area contributed by atoms with Gasteiger partial charge in [0.1, 0.15) is 11.5 Å². The van der Waals surface area contributed by atoms with E-state index >= 15 is 0 Å². The Morgan fingerprint density at radius 3 is 2.11 bits per heavy atom. The zero-order chi connectivity index (χ0) is 20.2. The third-order valence-corrected chi connectivity index (χ3v) is 4.31. The van der Waals surface area contributed by atoms with Gasteiger partial charge >= 0.3 is 5.97 Å². The third-order valence-electron chi connectivity index (χ3n) is 4.31. The van der Waals surface area contributed by atoms with Crippen LogP contribution in [0.5, 0.6) is 23.3 Å². The van der Waals surface area contributed by atoms with Crippen molar-refractivity contribution in [2.45, 2.75) is 0 Å². The number of aromatic nitrogens is 1. The van der Waals surface area contributed by atoms with Crippen LogP contribution >= 0.6 is 0 Å². The van der Waals surface area contributed by atoms with Crippen molar-refractivity contribution in [1.29, 1.82) is 0 Å². The van der Waals surface area contributed by atoms with E-state index in [4.69, 9.17) is 4.84 Å². The number of nitrogens with zero attached hydrogens (tertiary/aromatic N) is 1. The molecule has 28 heavy (non-hydrogen) atoms. The van der Waals surface area contributed by atoms with Crippen molar-refractivity contribution in [1.82, 2.24) is 4.73 Å². The molecule has 0 aliphatic heterocycles. The molecule has 0 unspecified atom stereocenters. The maximum absolute atomic E-state index is 12.7. The molecule has 0 bridgehead atoms. The van der Waals surface area contributed by atoms with Gasteiger partial charge in [0.05, 0.1) is 16.7 Å². The smallest absolute Gasteiger partial charge is 0.364 e. The van der Waals surface area contributed by atoms with E-state index in [-0.39, 0.29) is 27.8 Å². The van der Waals surface area contributed by atoms with E-state index < -0.39 is 40.8 Å². The molecule has 2 aromatic carbocycles. The first kappa shape index (κ1) is 17.2. The fraction of sp³-hybridized carbons (Fsp3) is 0. The monoisotopic (exact) mass is 381 g/mol. The van der Waals surface area contributed by atoms with Gasteiger partial charge in [-0.05, 0) is 18.2 Å². The summed E-state index contributed by atoms with van der Waals surface area (Å²) in [7, 11) is 0. The van der Waals surface area contributed by atoms with Crippen LogP contribution in [-0.4, -0.2) is 42.7 Å². The Kier molecular flexibility index (Phi) is 3.60. The minimum Gasteiger partial charge on any atom is -0.507 e. The molecule has 0 amide bonds. The second-order valence-electron chi connectivity index (χ2n) is 6.00. The third kappa shape index (κ3) is 2.37. The molecule has 0 saturated heterocycles. The highest BCUT2D eigenvalue weighted by Gasteiger charge is 2.35. The predicted octanol–water partition coefficient (Wildman–Crippen LogP) is 1.35. The fourth-order valence-electron chi connectivity index (χ4n) is 3.03. The average Bonchev–Trinajstić information content (AvgIpc) is 2.97. The molecule has 4 N–H and O–H groups in total. The Morgan fingerprint density at radius 2 is 1.43 bits per heavy atom. The van der Waals surface area contributed by atoms with E-state index in [0.29, 0.717) is 4.73 Å². The van der Waals surface area contributed by atoms with Crippen LogP contribution in [0.4, 0.5) is 0 Å². The largest absolute Gasteiger partial charge is 0.507 e. The molecule has 3 aromatic rings. The Bertz CT molecular complexity index is 1170. The number of ketones is 2. The number of aromatic hydroxyl groups is 4. The number of phenols is 2. The van der Waals surface area contributed by atoms with Gasteiger partial charge in [0.2, 0.25) is 17.5 Å². The number of carbonyl (C=O) groups is 3. The molecule has 9 nitrogen and oxygen atoms in total. The van der Waals surface area contributed by atoms with Crippen molar-refractivity contribution in [3.63, 3.8) is 0 Å². The molecule has 1 aromatic heterocycles. The number of phenolic OH excluding ortho intramolecular Hbond substituents is 2. The summed E-state index contributed by atoms with van der Waals surface area (Å²) in [5.74, 6) is -4.70. The first-order chi connectivity index (χ1) is 13.3. The second-order valence-corrected chi connectivity index (χ2v) is 6.00. The van der Waals surface area contributed by atoms with Crippen LogP contribution in [0, 0.1) is 0 Å². The number of hydrogen-bond acceptors (Lipinski definition) is 8. The van der Waals surface area contributed by atoms with Gasteiger partial charge in [0, 0.05) is 23.3 Å². The van der Waals surface area contributed by atoms with Gasteiger partial charge < -0.3 is 25.3 Å². The molecule has 4 rings (SSSR count). The summed E-state index contributed by atoms with van der Waals surface area (Å²) >= 11 is 0. The van der Waals surface area contributed by atoms with Gasteiger partial charge in [-0.3, -0.25) is 9.59 Å². The molecule has 0 saturated carbocycles. The Morgan fingerprint density at radius 1 is 0.786 bits per heavy atom. The fourth-order valence-corrected chi connectivity index (χ4v) is 3.03. The molecule has 1 aliphatic rings. The van der Waals surface area contributed by atoms with Gasteiger partial charge in [0.15, 0.2) is 5.78 Å². The summed E-state index contributed by atoms with van der Waals surface area (Å²) < 4.78 is 0.444. The Hall–Kier alpha value is -4.27. The van der Waals surface area contributed by atoms with Gasteiger partial charge in [-0.25, -0.2) is 4.79 Å². The standard InChI is InChI=1S/C19H11NO8/c21-11-3-1-2-9-15(11)18(26)16-10(17(9)25)6-8(7-12(16)22)19(27)28-20-13(23)4-5-14(20)24/h1-7,21-24H. The van der Waals surface area contributed by atoms with E-state index in [9.17, 15) is 34.8 Å². The maximum Gasteiger partial charge on any atom is 0.364 e. The van der Waals surface area contributed by atoms with E-state index in [2.05, 4.69) is 0 Å². The lowest BCUT2D eigenvalue weighted by Gasteiger charge is -2.19. The Labute approximate surface area is 156 Å². The van der Waals surface area contributed by atoms with Gasteiger partial charge in [-0.1, -0.05) is 12.1 Å². The zero-order valence-corrected chi connectivity index (χ0v) is 13.9. The molecule has 1 aliphatic carbocycles. The summed E-state index contributed by atoms with van der Waals surface area (Å²) in [4.78, 5) is 42.6. The van der Waals surface area contributed by atoms with Crippen molar-refractivity contribution in [3.8, 4) is 23.3 Å². The summed E-state index contributed by atoms with van der Waals surface area (Å²) in [5.41, 5.74) is -1.18. The highest BCUT2D eigenvalue weighted by Crippen LogP contribution is 2.37. The number of rotatable bonds is 2. The lowest BCUT2D eigenvalue weighted by molar-refractivity contribution is 0.0381. The van der Waals surface area contributed by atoms with Crippen molar-refractivity contribution in [2.75, 3.05) is 0 Å². The Balaban J connectivity index is 1.80. The highest BCUT2D eigenvalue weighted by molar-refractivity contribution is 6.30. The lowest BCUT2D eigenvalue weighted by Crippen LogP contribution is -2.24. The minimum absolute atomic E-state index is 0.0666. The first-order valence-electron chi connectivity index (χ1n) is 7.90. The van der Waals surface area contributed by atoms with Crippen molar-refractivity contribution >= 4 is 17.5 Å². The van der Waals surface area contributed by atoms with Crippen molar-refractivity contribution < 1.29 is 39.6 Å². The number of fused-ring (bicyclic) bond motifs is 2. The molecule has 0 fully saturated rings. The predicted molar refractivity (Wildman–Crippen MR) is 91.8 cm³/mol. The average molecular weight is 381 g/mol. The van der Waals surface area contributed by atoms with Crippen LogP contribution in [0.15, 0.2) is 42.5 Å². The maximum atomic E-state index is 12.7. The normalized spacial score (nSPS) is 12.4. The van der Waals surface area contributed by atoms with Gasteiger partial charge in [-0.15, -0.1) is 4.73 Å². The molecule has 0 spiro atoms.